The van der Waals surface area contributed by atoms with E-state index in [1.165, 1.54) is 5.56 Å². The van der Waals surface area contributed by atoms with E-state index in [0.29, 0.717) is 35.8 Å². The van der Waals surface area contributed by atoms with Gasteiger partial charge in [0.05, 0.1) is 23.6 Å². The van der Waals surface area contributed by atoms with Crippen LogP contribution in [0.2, 0.25) is 0 Å². The van der Waals surface area contributed by atoms with Gasteiger partial charge in [0.2, 0.25) is 5.88 Å². The molecule has 196 valence electrons. The maximum atomic E-state index is 13.5. The standard InChI is InChI=1S/C29H35N3O4S/c1-6-20-11-13-24(14-12-20)37(34)31-26-17-29(3,4)36-27-25(26)16-22(18-30-27)28(33)32(7-2)19-21-9-8-10-23(15-21)35-5/h8-16,18,26,31H,6-7,17,19H2,1-5H3/t26-,37?/m0/s1. The number of ether oxygens (including phenoxy) is 2. The number of fused-ring (bicyclic) bond motifs is 1. The topological polar surface area (TPSA) is 80.8 Å². The largest absolute Gasteiger partial charge is 0.497 e. The Morgan fingerprint density at radius 1 is 1.16 bits per heavy atom. The third-order valence-corrected chi connectivity index (χ3v) is 7.74. The summed E-state index contributed by atoms with van der Waals surface area (Å²) in [6.07, 6.45) is 3.07. The Bertz CT molecular complexity index is 1280. The second kappa shape index (κ2) is 11.4. The number of aromatic nitrogens is 1. The molecule has 2 atom stereocenters. The molecule has 1 aliphatic heterocycles. The summed E-state index contributed by atoms with van der Waals surface area (Å²) in [6.45, 7) is 9.00. The van der Waals surface area contributed by atoms with Crippen LogP contribution < -0.4 is 14.2 Å². The molecule has 7 nitrogen and oxygen atoms in total. The molecule has 4 rings (SSSR count). The van der Waals surface area contributed by atoms with Gasteiger partial charge in [-0.25, -0.2) is 13.9 Å². The molecule has 0 saturated heterocycles. The van der Waals surface area contributed by atoms with Crippen molar-refractivity contribution >= 4 is 16.9 Å². The molecule has 3 aromatic rings. The molecule has 0 fully saturated rings. The summed E-state index contributed by atoms with van der Waals surface area (Å²) in [5.41, 5.74) is 2.88. The van der Waals surface area contributed by atoms with Crippen molar-refractivity contribution in [2.45, 2.75) is 63.6 Å². The van der Waals surface area contributed by atoms with Gasteiger partial charge in [0.15, 0.2) is 0 Å². The van der Waals surface area contributed by atoms with Crippen LogP contribution in [0.25, 0.3) is 0 Å². The molecule has 0 saturated carbocycles. The first-order chi connectivity index (χ1) is 17.7. The van der Waals surface area contributed by atoms with Crippen LogP contribution in [0.4, 0.5) is 0 Å². The van der Waals surface area contributed by atoms with Gasteiger partial charge in [0.1, 0.15) is 22.3 Å². The van der Waals surface area contributed by atoms with Gasteiger partial charge in [0, 0.05) is 31.3 Å². The Morgan fingerprint density at radius 3 is 2.59 bits per heavy atom. The van der Waals surface area contributed by atoms with E-state index in [2.05, 4.69) is 16.6 Å². The maximum absolute atomic E-state index is 13.5. The monoisotopic (exact) mass is 521 g/mol. The van der Waals surface area contributed by atoms with Gasteiger partial charge in [-0.2, -0.15) is 0 Å². The zero-order chi connectivity index (χ0) is 26.6. The number of nitrogens with one attached hydrogen (secondary N) is 1. The van der Waals surface area contributed by atoms with Crippen LogP contribution in [0, 0.1) is 0 Å². The molecule has 0 bridgehead atoms. The van der Waals surface area contributed by atoms with Gasteiger partial charge in [-0.05, 0) is 68.7 Å². The molecule has 8 heteroatoms. The number of pyridine rings is 1. The smallest absolute Gasteiger partial charge is 0.255 e. The summed E-state index contributed by atoms with van der Waals surface area (Å²) in [7, 11) is 0.197. The molecule has 0 spiro atoms. The van der Waals surface area contributed by atoms with Gasteiger partial charge in [0.25, 0.3) is 5.91 Å². The number of rotatable bonds is 9. The number of methoxy groups -OCH3 is 1. The summed E-state index contributed by atoms with van der Waals surface area (Å²) >= 11 is 0. The Labute approximate surface area is 221 Å². The number of carbonyl (C=O) groups is 1. The number of hydrogen-bond acceptors (Lipinski definition) is 5. The predicted molar refractivity (Wildman–Crippen MR) is 145 cm³/mol. The Balaban J connectivity index is 1.58. The number of amides is 1. The number of nitrogens with zero attached hydrogens (tertiary/aromatic N) is 2. The molecule has 2 heterocycles. The number of aryl methyl sites for hydroxylation is 1. The summed E-state index contributed by atoms with van der Waals surface area (Å²) in [5.74, 6) is 1.09. The van der Waals surface area contributed by atoms with E-state index in [4.69, 9.17) is 9.47 Å². The van der Waals surface area contributed by atoms with Gasteiger partial charge in [-0.15, -0.1) is 0 Å². The molecule has 37 heavy (non-hydrogen) atoms. The second-order valence-corrected chi connectivity index (χ2v) is 11.0. The van der Waals surface area contributed by atoms with Crippen molar-refractivity contribution < 1.29 is 18.5 Å². The first-order valence-corrected chi connectivity index (χ1v) is 13.8. The fraction of sp³-hybridized carbons (Fsp3) is 0.379. The van der Waals surface area contributed by atoms with Gasteiger partial charge >= 0.3 is 0 Å². The van der Waals surface area contributed by atoms with Crippen molar-refractivity contribution in [3.05, 3.63) is 83.0 Å². The number of carbonyl (C=O) groups excluding carboxylic acids is 1. The fourth-order valence-corrected chi connectivity index (χ4v) is 5.47. The van der Waals surface area contributed by atoms with Crippen LogP contribution in [0.15, 0.2) is 65.7 Å². The van der Waals surface area contributed by atoms with Crippen molar-refractivity contribution in [1.29, 1.82) is 0 Å². The minimum atomic E-state index is -1.43. The van der Waals surface area contributed by atoms with Crippen molar-refractivity contribution in [2.24, 2.45) is 0 Å². The van der Waals surface area contributed by atoms with Crippen molar-refractivity contribution in [1.82, 2.24) is 14.6 Å². The molecule has 1 amide bonds. The molecule has 1 aromatic heterocycles. The zero-order valence-electron chi connectivity index (χ0n) is 22.1. The third kappa shape index (κ3) is 6.37. The summed E-state index contributed by atoms with van der Waals surface area (Å²) < 4.78 is 27.9. The van der Waals surface area contributed by atoms with E-state index >= 15 is 0 Å². The molecular formula is C29H35N3O4S. The Kier molecular flexibility index (Phi) is 8.29. The molecule has 1 N–H and O–H groups in total. The average molecular weight is 522 g/mol. The second-order valence-electron chi connectivity index (χ2n) is 9.79. The SMILES string of the molecule is CCc1ccc(S(=O)N[C@H]2CC(C)(C)Oc3ncc(C(=O)N(CC)Cc4cccc(OC)c4)cc32)cc1. The Morgan fingerprint density at radius 2 is 1.92 bits per heavy atom. The summed E-state index contributed by atoms with van der Waals surface area (Å²) in [6, 6.07) is 17.0. The lowest BCUT2D eigenvalue weighted by Gasteiger charge is -2.37. The predicted octanol–water partition coefficient (Wildman–Crippen LogP) is 5.23. The van der Waals surface area contributed by atoms with Crippen LogP contribution in [-0.4, -0.2) is 39.3 Å². The highest BCUT2D eigenvalue weighted by atomic mass is 32.2. The minimum Gasteiger partial charge on any atom is -0.497 e. The molecule has 1 unspecified atom stereocenters. The van der Waals surface area contributed by atoms with E-state index in [1.54, 1.807) is 18.2 Å². The minimum absolute atomic E-state index is 0.125. The van der Waals surface area contributed by atoms with Crippen LogP contribution >= 0.6 is 0 Å². The van der Waals surface area contributed by atoms with E-state index in [9.17, 15) is 9.00 Å². The molecular weight excluding hydrogens is 486 g/mol. The molecule has 0 aliphatic carbocycles. The maximum Gasteiger partial charge on any atom is 0.255 e. The number of hydrogen-bond donors (Lipinski definition) is 1. The zero-order valence-corrected chi connectivity index (χ0v) is 22.9. The van der Waals surface area contributed by atoms with Gasteiger partial charge in [-0.3, -0.25) is 4.79 Å². The van der Waals surface area contributed by atoms with Crippen molar-refractivity contribution in [3.63, 3.8) is 0 Å². The highest BCUT2D eigenvalue weighted by Crippen LogP contribution is 2.39. The van der Waals surface area contributed by atoms with Gasteiger partial charge < -0.3 is 14.4 Å². The van der Waals surface area contributed by atoms with Crippen LogP contribution in [0.1, 0.15) is 67.2 Å². The average Bonchev–Trinajstić information content (AvgIpc) is 2.90. The molecule has 1 aliphatic rings. The highest BCUT2D eigenvalue weighted by molar-refractivity contribution is 7.83. The van der Waals surface area contributed by atoms with E-state index in [1.807, 2.05) is 75.4 Å². The summed E-state index contributed by atoms with van der Waals surface area (Å²) in [4.78, 5) is 20.5. The van der Waals surface area contributed by atoms with Crippen molar-refractivity contribution in [2.75, 3.05) is 13.7 Å². The molecule has 2 aromatic carbocycles. The van der Waals surface area contributed by atoms with E-state index in [0.717, 1.165) is 23.3 Å². The lowest BCUT2D eigenvalue weighted by molar-refractivity contribution is 0.0639. The molecule has 0 radical (unpaired) electrons. The third-order valence-electron chi connectivity index (χ3n) is 6.54. The summed E-state index contributed by atoms with van der Waals surface area (Å²) in [5, 5.41) is 0. The van der Waals surface area contributed by atoms with Crippen molar-refractivity contribution in [3.8, 4) is 11.6 Å². The Hall–Kier alpha value is -3.23. The highest BCUT2D eigenvalue weighted by Gasteiger charge is 2.36. The first kappa shape index (κ1) is 26.8. The number of benzene rings is 2. The quantitative estimate of drug-likeness (QED) is 0.417. The lowest BCUT2D eigenvalue weighted by Crippen LogP contribution is -2.40. The van der Waals surface area contributed by atoms with E-state index < -0.39 is 16.6 Å². The lowest BCUT2D eigenvalue weighted by atomic mass is 9.91. The van der Waals surface area contributed by atoms with E-state index in [-0.39, 0.29) is 11.9 Å². The van der Waals surface area contributed by atoms with Gasteiger partial charge in [-0.1, -0.05) is 31.2 Å². The van der Waals surface area contributed by atoms with Crippen LogP contribution in [0.5, 0.6) is 11.6 Å². The fourth-order valence-electron chi connectivity index (χ4n) is 4.48. The van der Waals surface area contributed by atoms with Crippen LogP contribution in [-0.2, 0) is 24.0 Å². The first-order valence-electron chi connectivity index (χ1n) is 12.6. The normalized spacial score (nSPS) is 16.8. The van der Waals surface area contributed by atoms with Crippen LogP contribution in [0.3, 0.4) is 0 Å².